The van der Waals surface area contributed by atoms with E-state index in [1.165, 1.54) is 6.07 Å². The summed E-state index contributed by atoms with van der Waals surface area (Å²) in [6, 6.07) is 3.20. The van der Waals surface area contributed by atoms with E-state index in [-0.39, 0.29) is 18.8 Å². The number of hydrogen-bond acceptors (Lipinski definition) is 7. The number of aromatic hydroxyl groups is 1. The van der Waals surface area contributed by atoms with Crippen LogP contribution >= 0.6 is 7.60 Å². The molecule has 0 saturated heterocycles. The van der Waals surface area contributed by atoms with E-state index in [9.17, 15) is 24.9 Å². The molecule has 1 unspecified atom stereocenters. The van der Waals surface area contributed by atoms with Crippen molar-refractivity contribution >= 4 is 13.3 Å². The molecular weight excluding hydrogens is 289 g/mol. The predicted octanol–water partition coefficient (Wildman–Crippen LogP) is 2.56. The Morgan fingerprint density at radius 2 is 1.90 bits per heavy atom. The molecule has 0 amide bonds. The summed E-state index contributed by atoms with van der Waals surface area (Å²) in [6.07, 6.45) is 0. The highest BCUT2D eigenvalue weighted by molar-refractivity contribution is 7.54. The van der Waals surface area contributed by atoms with Crippen molar-refractivity contribution in [3.8, 4) is 5.75 Å². The van der Waals surface area contributed by atoms with Crippen LogP contribution in [0, 0.1) is 10.1 Å². The van der Waals surface area contributed by atoms with Crippen molar-refractivity contribution in [2.24, 2.45) is 0 Å². The van der Waals surface area contributed by atoms with Gasteiger partial charge in [0.15, 0.2) is 11.6 Å². The van der Waals surface area contributed by atoms with Gasteiger partial charge in [0.1, 0.15) is 0 Å². The number of rotatable bonds is 7. The smallest absolute Gasteiger partial charge is 0.363 e. The lowest BCUT2D eigenvalue weighted by Crippen LogP contribution is -2.06. The third-order valence-corrected chi connectivity index (χ3v) is 4.55. The Morgan fingerprint density at radius 1 is 1.35 bits per heavy atom. The van der Waals surface area contributed by atoms with Gasteiger partial charge in [-0.1, -0.05) is 6.07 Å². The van der Waals surface area contributed by atoms with E-state index >= 15 is 0 Å². The molecule has 0 radical (unpaired) electrons. The van der Waals surface area contributed by atoms with Crippen LogP contribution in [0.2, 0.25) is 0 Å². The van der Waals surface area contributed by atoms with Gasteiger partial charge in [-0.2, -0.15) is 0 Å². The van der Waals surface area contributed by atoms with Crippen LogP contribution in [0.5, 0.6) is 5.75 Å². The second-order valence-electron chi connectivity index (χ2n) is 3.75. The van der Waals surface area contributed by atoms with E-state index < -0.39 is 29.8 Å². The van der Waals surface area contributed by atoms with Gasteiger partial charge in [0.2, 0.25) is 0 Å². The summed E-state index contributed by atoms with van der Waals surface area (Å²) in [4.78, 5) is 9.92. The fraction of sp³-hybridized carbons (Fsp3) is 0.455. The van der Waals surface area contributed by atoms with E-state index in [4.69, 9.17) is 9.05 Å². The van der Waals surface area contributed by atoms with E-state index in [0.717, 1.165) is 12.1 Å². The number of aliphatic hydroxyl groups excluding tert-OH is 1. The molecule has 0 aliphatic carbocycles. The van der Waals surface area contributed by atoms with Crippen LogP contribution in [0.4, 0.5) is 5.69 Å². The molecule has 0 fully saturated rings. The van der Waals surface area contributed by atoms with Crippen LogP contribution < -0.4 is 0 Å². The van der Waals surface area contributed by atoms with Crippen LogP contribution in [0.1, 0.15) is 25.3 Å². The molecule has 8 nitrogen and oxygen atoms in total. The average Bonchev–Trinajstić information content (AvgIpc) is 2.38. The number of phenols is 1. The lowest BCUT2D eigenvalue weighted by molar-refractivity contribution is -0.386. The van der Waals surface area contributed by atoms with Crippen molar-refractivity contribution in [1.29, 1.82) is 0 Å². The number of phenolic OH excluding ortho intramolecular Hbond substituents is 1. The lowest BCUT2D eigenvalue weighted by Gasteiger charge is -2.22. The molecule has 0 saturated carbocycles. The molecule has 0 aliphatic rings. The minimum Gasteiger partial charge on any atom is -0.502 e. The maximum Gasteiger partial charge on any atom is 0.363 e. The lowest BCUT2D eigenvalue weighted by atomic mass is 10.2. The number of aliphatic hydroxyl groups is 1. The Balaban J connectivity index is 3.18. The predicted molar refractivity (Wildman–Crippen MR) is 70.6 cm³/mol. The summed E-state index contributed by atoms with van der Waals surface area (Å²) >= 11 is 0. The topological polar surface area (TPSA) is 119 Å². The molecule has 1 aromatic carbocycles. The maximum absolute atomic E-state index is 12.4. The normalized spacial score (nSPS) is 13.2. The Kier molecular flexibility index (Phi) is 5.64. The van der Waals surface area contributed by atoms with Gasteiger partial charge in [0.05, 0.1) is 18.1 Å². The first-order valence-corrected chi connectivity index (χ1v) is 7.51. The number of hydrogen-bond donors (Lipinski definition) is 2. The molecule has 2 N–H and O–H groups in total. The van der Waals surface area contributed by atoms with Crippen molar-refractivity contribution in [3.63, 3.8) is 0 Å². The Hall–Kier alpha value is -1.47. The second kappa shape index (κ2) is 6.81. The van der Waals surface area contributed by atoms with Crippen molar-refractivity contribution in [1.82, 2.24) is 0 Å². The van der Waals surface area contributed by atoms with Crippen molar-refractivity contribution < 1.29 is 28.7 Å². The molecule has 1 aromatic rings. The summed E-state index contributed by atoms with van der Waals surface area (Å²) in [7, 11) is -3.85. The molecule has 0 bridgehead atoms. The standard InChI is InChI=1S/C11H16NO7P/c1-3-18-20(17,19-4-2)11(14)8-5-6-10(13)9(7-8)12(15)16/h5-7,11,13-14H,3-4H2,1-2H3. The molecule has 0 aromatic heterocycles. The molecule has 0 aliphatic heterocycles. The number of nitro groups is 1. The monoisotopic (exact) mass is 305 g/mol. The van der Waals surface area contributed by atoms with E-state index in [1.807, 2.05) is 0 Å². The minimum absolute atomic E-state index is 0.0280. The van der Waals surface area contributed by atoms with Crippen LogP contribution in [-0.2, 0) is 13.6 Å². The van der Waals surface area contributed by atoms with Crippen molar-refractivity contribution in [3.05, 3.63) is 33.9 Å². The first-order valence-electron chi connectivity index (χ1n) is 5.89. The molecule has 1 atom stereocenters. The Bertz CT molecular complexity index is 524. The fourth-order valence-electron chi connectivity index (χ4n) is 1.57. The van der Waals surface area contributed by atoms with Gasteiger partial charge in [-0.3, -0.25) is 14.7 Å². The van der Waals surface area contributed by atoms with Crippen LogP contribution in [0.3, 0.4) is 0 Å². The first-order chi connectivity index (χ1) is 9.35. The highest BCUT2D eigenvalue weighted by Crippen LogP contribution is 2.59. The van der Waals surface area contributed by atoms with Crippen molar-refractivity contribution in [2.75, 3.05) is 13.2 Å². The van der Waals surface area contributed by atoms with E-state index in [0.29, 0.717) is 0 Å². The van der Waals surface area contributed by atoms with Gasteiger partial charge < -0.3 is 19.3 Å². The van der Waals surface area contributed by atoms with Gasteiger partial charge in [0.25, 0.3) is 0 Å². The SMILES string of the molecule is CCOP(=O)(OCC)C(O)c1ccc(O)c([N+](=O)[O-])c1. The zero-order valence-corrected chi connectivity index (χ0v) is 11.9. The van der Waals surface area contributed by atoms with Gasteiger partial charge in [0, 0.05) is 6.07 Å². The maximum atomic E-state index is 12.4. The van der Waals surface area contributed by atoms with E-state index in [1.54, 1.807) is 13.8 Å². The summed E-state index contributed by atoms with van der Waals surface area (Å²) in [5.74, 6) is -2.21. The second-order valence-corrected chi connectivity index (χ2v) is 5.84. The molecule has 0 heterocycles. The summed E-state index contributed by atoms with van der Waals surface area (Å²) in [5, 5.41) is 30.2. The Labute approximate surface area is 115 Å². The van der Waals surface area contributed by atoms with E-state index in [2.05, 4.69) is 0 Å². The number of nitrogens with zero attached hydrogens (tertiary/aromatic N) is 1. The third kappa shape index (κ3) is 3.55. The van der Waals surface area contributed by atoms with Gasteiger partial charge in [-0.05, 0) is 25.5 Å². The summed E-state index contributed by atoms with van der Waals surface area (Å²) in [6.45, 7) is 3.26. The average molecular weight is 305 g/mol. The first kappa shape index (κ1) is 16.6. The third-order valence-electron chi connectivity index (χ3n) is 2.41. The highest BCUT2D eigenvalue weighted by Gasteiger charge is 2.36. The molecule has 9 heteroatoms. The number of nitro benzene ring substituents is 1. The van der Waals surface area contributed by atoms with Crippen LogP contribution in [-0.4, -0.2) is 28.4 Å². The van der Waals surface area contributed by atoms with Gasteiger partial charge >= 0.3 is 13.3 Å². The molecule has 1 rings (SSSR count). The summed E-state index contributed by atoms with van der Waals surface area (Å²) < 4.78 is 22.3. The van der Waals surface area contributed by atoms with Gasteiger partial charge in [-0.25, -0.2) is 0 Å². The molecule has 20 heavy (non-hydrogen) atoms. The van der Waals surface area contributed by atoms with Crippen LogP contribution in [0.25, 0.3) is 0 Å². The summed E-state index contributed by atoms with van der Waals surface area (Å²) in [5.41, 5.74) is -0.624. The Morgan fingerprint density at radius 3 is 2.35 bits per heavy atom. The zero-order valence-electron chi connectivity index (χ0n) is 11.1. The molecule has 0 spiro atoms. The largest absolute Gasteiger partial charge is 0.502 e. The minimum atomic E-state index is -3.85. The highest BCUT2D eigenvalue weighted by atomic mass is 31.2. The number of benzene rings is 1. The van der Waals surface area contributed by atoms with Gasteiger partial charge in [-0.15, -0.1) is 0 Å². The zero-order chi connectivity index (χ0) is 15.3. The van der Waals surface area contributed by atoms with Crippen LogP contribution in [0.15, 0.2) is 18.2 Å². The molecule has 112 valence electrons. The fourth-order valence-corrected chi connectivity index (χ4v) is 3.17. The van der Waals surface area contributed by atoms with Crippen molar-refractivity contribution in [2.45, 2.75) is 19.7 Å². The quantitative estimate of drug-likeness (QED) is 0.451. The molecular formula is C11H16NO7P.